The molecule has 2 aromatic carbocycles. The van der Waals surface area contributed by atoms with Crippen molar-refractivity contribution in [3.63, 3.8) is 0 Å². The van der Waals surface area contributed by atoms with Crippen LogP contribution in [0.25, 0.3) is 0 Å². The first-order chi connectivity index (χ1) is 12.8. The lowest BCUT2D eigenvalue weighted by Gasteiger charge is -2.27. The molecule has 0 aliphatic carbocycles. The summed E-state index contributed by atoms with van der Waals surface area (Å²) in [4.78, 5) is 33.6. The van der Waals surface area contributed by atoms with E-state index in [9.17, 15) is 25.0 Å². The number of benzene rings is 2. The lowest BCUT2D eigenvalue weighted by molar-refractivity contribution is -0.395. The normalized spacial score (nSPS) is 15.4. The van der Waals surface area contributed by atoms with Crippen LogP contribution < -0.4 is 10.1 Å². The molecule has 0 fully saturated rings. The van der Waals surface area contributed by atoms with Crippen LogP contribution in [-0.2, 0) is 0 Å². The van der Waals surface area contributed by atoms with E-state index < -0.39 is 27.1 Å². The van der Waals surface area contributed by atoms with Crippen molar-refractivity contribution in [3.8, 4) is 5.75 Å². The number of hydrogen-bond acceptors (Lipinski definition) is 6. The van der Waals surface area contributed by atoms with Crippen LogP contribution in [0.5, 0.6) is 5.75 Å². The van der Waals surface area contributed by atoms with Crippen LogP contribution >= 0.6 is 0 Å². The SMILES string of the molecule is Cc1ccc2c(c1)C(NC(=O)c1cc([N+](=O)[O-])c(C)c([N+](=O)[O-])c1)CCO2. The van der Waals surface area contributed by atoms with Gasteiger partial charge in [-0.2, -0.15) is 0 Å². The Balaban J connectivity index is 1.95. The Labute approximate surface area is 154 Å². The zero-order valence-corrected chi connectivity index (χ0v) is 14.7. The van der Waals surface area contributed by atoms with E-state index in [1.165, 1.54) is 6.92 Å². The zero-order valence-electron chi connectivity index (χ0n) is 14.7. The molecule has 140 valence electrons. The van der Waals surface area contributed by atoms with E-state index in [0.29, 0.717) is 18.8 Å². The van der Waals surface area contributed by atoms with Crippen molar-refractivity contribution in [2.75, 3.05) is 6.61 Å². The van der Waals surface area contributed by atoms with Gasteiger partial charge in [-0.25, -0.2) is 0 Å². The van der Waals surface area contributed by atoms with Crippen molar-refractivity contribution in [2.24, 2.45) is 0 Å². The van der Waals surface area contributed by atoms with Crippen LogP contribution in [0.3, 0.4) is 0 Å². The number of rotatable bonds is 4. The number of carbonyl (C=O) groups is 1. The number of nitrogens with zero attached hydrogens (tertiary/aromatic N) is 2. The highest BCUT2D eigenvalue weighted by molar-refractivity contribution is 5.96. The summed E-state index contributed by atoms with van der Waals surface area (Å²) in [6, 6.07) is 7.41. The summed E-state index contributed by atoms with van der Waals surface area (Å²) >= 11 is 0. The fraction of sp³-hybridized carbons (Fsp3) is 0.278. The number of nitrogens with one attached hydrogen (secondary N) is 1. The molecular formula is C18H17N3O6. The molecule has 1 unspecified atom stereocenters. The van der Waals surface area contributed by atoms with Gasteiger partial charge in [0.1, 0.15) is 11.3 Å². The lowest BCUT2D eigenvalue weighted by atomic mass is 9.98. The smallest absolute Gasteiger partial charge is 0.279 e. The molecular weight excluding hydrogens is 354 g/mol. The highest BCUT2D eigenvalue weighted by atomic mass is 16.6. The van der Waals surface area contributed by atoms with Gasteiger partial charge in [-0.15, -0.1) is 0 Å². The van der Waals surface area contributed by atoms with Gasteiger partial charge in [0, 0.05) is 24.1 Å². The van der Waals surface area contributed by atoms with Gasteiger partial charge in [0.2, 0.25) is 0 Å². The first-order valence-corrected chi connectivity index (χ1v) is 8.25. The van der Waals surface area contributed by atoms with Gasteiger partial charge >= 0.3 is 0 Å². The number of nitro groups is 2. The molecule has 0 bridgehead atoms. The Bertz CT molecular complexity index is 921. The summed E-state index contributed by atoms with van der Waals surface area (Å²) in [5, 5.41) is 25.2. The maximum absolute atomic E-state index is 12.7. The zero-order chi connectivity index (χ0) is 19.7. The third kappa shape index (κ3) is 3.57. The van der Waals surface area contributed by atoms with E-state index in [2.05, 4.69) is 5.32 Å². The predicted molar refractivity (Wildman–Crippen MR) is 96.0 cm³/mol. The van der Waals surface area contributed by atoms with Gasteiger partial charge < -0.3 is 10.1 Å². The van der Waals surface area contributed by atoms with E-state index in [-0.39, 0.29) is 17.2 Å². The molecule has 0 aromatic heterocycles. The predicted octanol–water partition coefficient (Wildman–Crippen LogP) is 3.37. The number of aryl methyl sites for hydroxylation is 1. The van der Waals surface area contributed by atoms with Crippen LogP contribution in [0.4, 0.5) is 11.4 Å². The van der Waals surface area contributed by atoms with Crippen molar-refractivity contribution < 1.29 is 19.4 Å². The van der Waals surface area contributed by atoms with Crippen LogP contribution in [0.15, 0.2) is 30.3 Å². The van der Waals surface area contributed by atoms with E-state index in [0.717, 1.165) is 23.3 Å². The Morgan fingerprint density at radius 2 is 1.74 bits per heavy atom. The van der Waals surface area contributed by atoms with Crippen LogP contribution in [-0.4, -0.2) is 22.4 Å². The topological polar surface area (TPSA) is 125 Å². The average molecular weight is 371 g/mol. The van der Waals surface area contributed by atoms with Gasteiger partial charge in [-0.05, 0) is 19.9 Å². The van der Waals surface area contributed by atoms with Crippen LogP contribution in [0.1, 0.15) is 39.5 Å². The molecule has 0 spiro atoms. The molecule has 1 aliphatic heterocycles. The third-order valence-electron chi connectivity index (χ3n) is 4.52. The van der Waals surface area contributed by atoms with Crippen molar-refractivity contribution in [3.05, 3.63) is 72.8 Å². The van der Waals surface area contributed by atoms with Crippen molar-refractivity contribution in [2.45, 2.75) is 26.3 Å². The number of nitro benzene ring substituents is 2. The lowest BCUT2D eigenvalue weighted by Crippen LogP contribution is -2.32. The molecule has 0 radical (unpaired) electrons. The van der Waals surface area contributed by atoms with E-state index in [1.807, 2.05) is 25.1 Å². The molecule has 0 saturated carbocycles. The molecule has 2 aromatic rings. The van der Waals surface area contributed by atoms with Gasteiger partial charge in [0.05, 0.1) is 28.1 Å². The van der Waals surface area contributed by atoms with E-state index in [1.54, 1.807) is 0 Å². The molecule has 3 rings (SSSR count). The molecule has 0 saturated heterocycles. The van der Waals surface area contributed by atoms with Gasteiger partial charge in [0.15, 0.2) is 0 Å². The molecule has 1 amide bonds. The maximum atomic E-state index is 12.7. The minimum absolute atomic E-state index is 0.0893. The summed E-state index contributed by atoms with van der Waals surface area (Å²) in [7, 11) is 0. The summed E-state index contributed by atoms with van der Waals surface area (Å²) in [5.41, 5.74) is 0.675. The number of hydrogen-bond donors (Lipinski definition) is 1. The average Bonchev–Trinajstić information content (AvgIpc) is 2.61. The highest BCUT2D eigenvalue weighted by Crippen LogP contribution is 2.34. The molecule has 1 aliphatic rings. The Kier molecular flexibility index (Phi) is 4.76. The van der Waals surface area contributed by atoms with E-state index >= 15 is 0 Å². The Morgan fingerprint density at radius 1 is 1.11 bits per heavy atom. The largest absolute Gasteiger partial charge is 0.493 e. The monoisotopic (exact) mass is 371 g/mol. The molecule has 1 atom stereocenters. The fourth-order valence-electron chi connectivity index (χ4n) is 3.10. The molecule has 9 heteroatoms. The number of amides is 1. The molecule has 1 heterocycles. The number of carbonyl (C=O) groups excluding carboxylic acids is 1. The summed E-state index contributed by atoms with van der Waals surface area (Å²) in [5.74, 6) is 0.0542. The van der Waals surface area contributed by atoms with Crippen molar-refractivity contribution in [1.82, 2.24) is 5.32 Å². The standard InChI is InChI=1S/C18H17N3O6/c1-10-3-4-17-13(7-10)14(5-6-27-17)19-18(22)12-8-15(20(23)24)11(2)16(9-12)21(25)26/h3-4,7-9,14H,5-6H2,1-2H3,(H,19,22). The molecule has 9 nitrogen and oxygen atoms in total. The second-order valence-corrected chi connectivity index (χ2v) is 6.36. The summed E-state index contributed by atoms with van der Waals surface area (Å²) < 4.78 is 5.58. The van der Waals surface area contributed by atoms with Crippen molar-refractivity contribution in [1.29, 1.82) is 0 Å². The van der Waals surface area contributed by atoms with Gasteiger partial charge in [-0.3, -0.25) is 25.0 Å². The Hall–Kier alpha value is -3.49. The molecule has 1 N–H and O–H groups in total. The second kappa shape index (κ2) is 7.02. The van der Waals surface area contributed by atoms with E-state index in [4.69, 9.17) is 4.74 Å². The van der Waals surface area contributed by atoms with Crippen LogP contribution in [0, 0.1) is 34.1 Å². The second-order valence-electron chi connectivity index (χ2n) is 6.36. The summed E-state index contributed by atoms with van der Waals surface area (Å²) in [6.07, 6.45) is 0.526. The number of fused-ring (bicyclic) bond motifs is 1. The first kappa shape index (κ1) is 18.3. The first-order valence-electron chi connectivity index (χ1n) is 8.25. The Morgan fingerprint density at radius 3 is 2.33 bits per heavy atom. The molecule has 27 heavy (non-hydrogen) atoms. The third-order valence-corrected chi connectivity index (χ3v) is 4.52. The quantitative estimate of drug-likeness (QED) is 0.649. The van der Waals surface area contributed by atoms with Gasteiger partial charge in [-0.1, -0.05) is 17.7 Å². The van der Waals surface area contributed by atoms with Gasteiger partial charge in [0.25, 0.3) is 17.3 Å². The maximum Gasteiger partial charge on any atom is 0.279 e. The van der Waals surface area contributed by atoms with Crippen molar-refractivity contribution >= 4 is 17.3 Å². The summed E-state index contributed by atoms with van der Waals surface area (Å²) in [6.45, 7) is 3.62. The minimum atomic E-state index is -0.730. The van der Waals surface area contributed by atoms with Crippen LogP contribution in [0.2, 0.25) is 0 Å². The highest BCUT2D eigenvalue weighted by Gasteiger charge is 2.28. The minimum Gasteiger partial charge on any atom is -0.493 e. The number of ether oxygens (including phenoxy) is 1. The fourth-order valence-corrected chi connectivity index (χ4v) is 3.10.